The molecule has 1 heterocycles. The van der Waals surface area contributed by atoms with Crippen LogP contribution in [0.3, 0.4) is 0 Å². The maximum Gasteiger partial charge on any atom is 0.132 e. The van der Waals surface area contributed by atoms with E-state index in [1.54, 1.807) is 0 Å². The first-order valence-electron chi connectivity index (χ1n) is 7.27. The van der Waals surface area contributed by atoms with Crippen LogP contribution < -0.4 is 0 Å². The van der Waals surface area contributed by atoms with Crippen LogP contribution in [-0.4, -0.2) is 5.16 Å². The third kappa shape index (κ3) is 1.76. The summed E-state index contributed by atoms with van der Waals surface area (Å²) in [5.41, 5.74) is 8.67. The zero-order valence-corrected chi connectivity index (χ0v) is 14.1. The number of allylic oxidation sites excluding steroid dienone is 4. The fraction of sp³-hybridized carbons (Fsp3) is 0.444. The fourth-order valence-electron chi connectivity index (χ4n) is 3.37. The van der Waals surface area contributed by atoms with E-state index in [1.807, 2.05) is 0 Å². The molecule has 1 aromatic rings. The van der Waals surface area contributed by atoms with E-state index in [0.29, 0.717) is 5.85 Å². The van der Waals surface area contributed by atoms with Gasteiger partial charge in [-0.05, 0) is 63.8 Å². The second-order valence-electron chi connectivity index (χ2n) is 6.21. The molecule has 1 fully saturated rings. The van der Waals surface area contributed by atoms with Gasteiger partial charge in [0.1, 0.15) is 5.85 Å². The average Bonchev–Trinajstić information content (AvgIpc) is 3.21. The highest BCUT2D eigenvalue weighted by Gasteiger charge is 2.57. The van der Waals surface area contributed by atoms with Gasteiger partial charge >= 0.3 is 0 Å². The van der Waals surface area contributed by atoms with Crippen molar-refractivity contribution in [1.82, 2.24) is 0 Å². The molecule has 0 bridgehead atoms. The molecule has 0 aromatic heterocycles. The topological polar surface area (TPSA) is 12.5 Å². The van der Waals surface area contributed by atoms with Gasteiger partial charge in [0.05, 0.1) is 13.3 Å². The van der Waals surface area contributed by atoms with Crippen molar-refractivity contribution >= 4 is 8.15 Å². The molecule has 3 rings (SSSR count). The van der Waals surface area contributed by atoms with Crippen LogP contribution in [0.1, 0.15) is 51.6 Å². The Kier molecular flexibility index (Phi) is 3.19. The highest BCUT2D eigenvalue weighted by molar-refractivity contribution is 7.61. The van der Waals surface area contributed by atoms with Gasteiger partial charge in [0.15, 0.2) is 0 Å². The van der Waals surface area contributed by atoms with Crippen molar-refractivity contribution in [3.8, 4) is 0 Å². The van der Waals surface area contributed by atoms with Crippen LogP contribution in [0.25, 0.3) is 0 Å². The monoisotopic (exact) mass is 286 g/mol. The molecule has 1 aromatic carbocycles. The molecular weight excluding hydrogens is 263 g/mol. The summed E-state index contributed by atoms with van der Waals surface area (Å²) < 4.78 is 6.20. The molecule has 1 nitrogen and oxygen atoms in total. The Bertz CT molecular complexity index is 615. The molecule has 0 saturated carbocycles. The number of benzene rings is 1. The van der Waals surface area contributed by atoms with Crippen molar-refractivity contribution in [2.75, 3.05) is 0 Å². The van der Waals surface area contributed by atoms with Crippen molar-refractivity contribution in [2.45, 2.75) is 52.5 Å². The lowest BCUT2D eigenvalue weighted by Crippen LogP contribution is -2.20. The van der Waals surface area contributed by atoms with Crippen LogP contribution in [0.2, 0.25) is 0 Å². The van der Waals surface area contributed by atoms with Gasteiger partial charge in [-0.2, -0.15) is 0 Å². The second-order valence-corrected chi connectivity index (χ2v) is 8.44. The lowest BCUT2D eigenvalue weighted by molar-refractivity contribution is 0.466. The molecule has 2 atom stereocenters. The molecule has 0 spiro atoms. The maximum atomic E-state index is 6.20. The molecule has 1 saturated heterocycles. The Balaban J connectivity index is 1.96. The summed E-state index contributed by atoms with van der Waals surface area (Å²) in [6, 6.07) is 8.63. The predicted molar refractivity (Wildman–Crippen MR) is 87.1 cm³/mol. The highest BCUT2D eigenvalue weighted by Crippen LogP contribution is 2.82. The van der Waals surface area contributed by atoms with E-state index in [1.165, 1.54) is 33.4 Å². The molecule has 0 radical (unpaired) electrons. The molecule has 20 heavy (non-hydrogen) atoms. The van der Waals surface area contributed by atoms with Crippen LogP contribution in [0, 0.1) is 6.92 Å². The summed E-state index contributed by atoms with van der Waals surface area (Å²) in [6.45, 7) is 13.6. The van der Waals surface area contributed by atoms with Crippen molar-refractivity contribution in [3.63, 3.8) is 0 Å². The van der Waals surface area contributed by atoms with Gasteiger partial charge in [0.2, 0.25) is 0 Å². The Morgan fingerprint density at radius 2 is 1.50 bits per heavy atom. The number of aryl methyl sites for hydroxylation is 1. The van der Waals surface area contributed by atoms with Gasteiger partial charge in [0.25, 0.3) is 0 Å². The van der Waals surface area contributed by atoms with Gasteiger partial charge in [-0.25, -0.2) is 0 Å². The van der Waals surface area contributed by atoms with E-state index < -0.39 is 8.15 Å². The smallest absolute Gasteiger partial charge is 0.132 e. The average molecular weight is 286 g/mol. The molecule has 2 heteroatoms. The Hall–Kier alpha value is -0.910. The number of rotatable bonds is 2. The van der Waals surface area contributed by atoms with E-state index in [9.17, 15) is 0 Å². The Labute approximate surface area is 123 Å². The summed E-state index contributed by atoms with van der Waals surface area (Å²) in [5.74, 6) is 0.319. The minimum Gasteiger partial charge on any atom is -0.340 e. The lowest BCUT2D eigenvalue weighted by atomic mass is 9.98. The lowest BCUT2D eigenvalue weighted by Gasteiger charge is -2.27. The van der Waals surface area contributed by atoms with Crippen LogP contribution in [0.5, 0.6) is 0 Å². The maximum absolute atomic E-state index is 6.20. The van der Waals surface area contributed by atoms with Gasteiger partial charge < -0.3 is 4.52 Å². The largest absolute Gasteiger partial charge is 0.340 e. The minimum atomic E-state index is -0.437. The Morgan fingerprint density at radius 1 is 0.950 bits per heavy atom. The van der Waals surface area contributed by atoms with Gasteiger partial charge in [-0.15, -0.1) is 0 Å². The van der Waals surface area contributed by atoms with Crippen molar-refractivity contribution in [2.24, 2.45) is 0 Å². The summed E-state index contributed by atoms with van der Waals surface area (Å²) in [6.07, 6.45) is 0. The molecule has 0 amide bonds. The van der Waals surface area contributed by atoms with E-state index in [-0.39, 0.29) is 5.16 Å². The highest BCUT2D eigenvalue weighted by atomic mass is 31.2. The van der Waals surface area contributed by atoms with Gasteiger partial charge in [-0.3, -0.25) is 0 Å². The zero-order valence-electron chi connectivity index (χ0n) is 13.2. The zero-order chi connectivity index (χ0) is 14.7. The molecule has 1 aliphatic carbocycles. The van der Waals surface area contributed by atoms with Crippen LogP contribution in [0.15, 0.2) is 46.6 Å². The molecular formula is C18H23OP. The molecule has 106 valence electrons. The van der Waals surface area contributed by atoms with E-state index in [4.69, 9.17) is 4.52 Å². The fourth-order valence-corrected chi connectivity index (χ4v) is 6.01. The van der Waals surface area contributed by atoms with Crippen molar-refractivity contribution in [3.05, 3.63) is 57.7 Å². The van der Waals surface area contributed by atoms with E-state index >= 15 is 0 Å². The first kappa shape index (κ1) is 14.0. The summed E-state index contributed by atoms with van der Waals surface area (Å²) in [7, 11) is -0.437. The third-order valence-electron chi connectivity index (χ3n) is 5.42. The molecule has 0 N–H and O–H groups in total. The van der Waals surface area contributed by atoms with E-state index in [0.717, 1.165) is 0 Å². The van der Waals surface area contributed by atoms with Gasteiger partial charge in [0, 0.05) is 0 Å². The standard InChI is InChI=1S/C18H23OP/c1-11-9-7-8-10-16(11)17-19-20(17)18(6)14(4)12(2)13(3)15(18)5/h7-10,17H,1-6H3. The third-order valence-corrected chi connectivity index (χ3v) is 8.02. The number of hydrogen-bond acceptors (Lipinski definition) is 1. The second kappa shape index (κ2) is 4.55. The van der Waals surface area contributed by atoms with Gasteiger partial charge in [-0.1, -0.05) is 35.4 Å². The normalized spacial score (nSPS) is 28.3. The molecule has 2 unspecified atom stereocenters. The Morgan fingerprint density at radius 3 is 2.05 bits per heavy atom. The van der Waals surface area contributed by atoms with Crippen LogP contribution >= 0.6 is 8.15 Å². The summed E-state index contributed by atoms with van der Waals surface area (Å²) in [4.78, 5) is 0. The quantitative estimate of drug-likeness (QED) is 0.489. The number of hydrogen-bond donors (Lipinski definition) is 0. The first-order valence-corrected chi connectivity index (χ1v) is 8.59. The molecule has 1 aliphatic heterocycles. The molecule has 2 aliphatic rings. The summed E-state index contributed by atoms with van der Waals surface area (Å²) in [5, 5.41) is 0.135. The predicted octanol–water partition coefficient (Wildman–Crippen LogP) is 5.87. The minimum absolute atomic E-state index is 0.135. The first-order chi connectivity index (χ1) is 9.39. The SMILES string of the molecule is CC1=C(C)C(C)(P2OC2c2ccccc2C)C(C)=C1C. The van der Waals surface area contributed by atoms with Crippen LogP contribution in [-0.2, 0) is 4.52 Å². The van der Waals surface area contributed by atoms with Crippen LogP contribution in [0.4, 0.5) is 0 Å². The van der Waals surface area contributed by atoms with E-state index in [2.05, 4.69) is 65.8 Å². The summed E-state index contributed by atoms with van der Waals surface area (Å²) >= 11 is 0. The van der Waals surface area contributed by atoms with Crippen molar-refractivity contribution < 1.29 is 4.52 Å². The van der Waals surface area contributed by atoms with Crippen molar-refractivity contribution in [1.29, 1.82) is 0 Å².